The SMILES string of the molecule is Cl.N#Cc1nn(C2CCC(C(=O)N3CCN(c4ccc5c(c4)C(=O)N(C4CCC(=O)NC4=O)C5=O)CC3)CC2)cc1NC(=O)c1cnn2ccc(N3CCNCC3)nc12. The van der Waals surface area contributed by atoms with Crippen molar-refractivity contribution in [1.82, 2.24) is 44.8 Å². The van der Waals surface area contributed by atoms with Crippen LogP contribution in [0.5, 0.6) is 0 Å². The van der Waals surface area contributed by atoms with Crippen LogP contribution in [0.3, 0.4) is 0 Å². The molecule has 5 aliphatic rings. The number of imide groups is 2. The Kier molecular flexibility index (Phi) is 10.8. The number of rotatable bonds is 7. The average molecular weight is 824 g/mol. The van der Waals surface area contributed by atoms with Gasteiger partial charge in [-0.1, -0.05) is 0 Å². The number of fused-ring (bicyclic) bond motifs is 2. The minimum atomic E-state index is -1.03. The number of aromatic nitrogens is 5. The minimum Gasteiger partial charge on any atom is -0.368 e. The second-order valence-corrected chi connectivity index (χ2v) is 15.3. The van der Waals surface area contributed by atoms with E-state index in [2.05, 4.69) is 42.0 Å². The molecule has 4 aliphatic heterocycles. The summed E-state index contributed by atoms with van der Waals surface area (Å²) in [7, 11) is 0. The summed E-state index contributed by atoms with van der Waals surface area (Å²) in [4.78, 5) is 89.5. The third kappa shape index (κ3) is 7.33. The number of nitrogens with one attached hydrogen (secondary N) is 3. The van der Waals surface area contributed by atoms with Crippen molar-refractivity contribution in [3.8, 4) is 6.07 Å². The molecule has 7 heterocycles. The van der Waals surface area contributed by atoms with Crippen molar-refractivity contribution in [3.63, 3.8) is 0 Å². The van der Waals surface area contributed by atoms with Gasteiger partial charge in [0.25, 0.3) is 17.7 Å². The van der Waals surface area contributed by atoms with Gasteiger partial charge in [0.05, 0.1) is 35.2 Å². The van der Waals surface area contributed by atoms with Crippen LogP contribution in [0, 0.1) is 17.2 Å². The third-order valence-electron chi connectivity index (χ3n) is 11.9. The highest BCUT2D eigenvalue weighted by atomic mass is 35.5. The van der Waals surface area contributed by atoms with Crippen LogP contribution in [0.1, 0.15) is 81.3 Å². The van der Waals surface area contributed by atoms with Crippen LogP contribution in [0.15, 0.2) is 42.9 Å². The summed E-state index contributed by atoms with van der Waals surface area (Å²) in [6.07, 6.45) is 7.74. The Hall–Kier alpha value is -6.39. The number of benzene rings is 1. The third-order valence-corrected chi connectivity index (χ3v) is 11.9. The van der Waals surface area contributed by atoms with Gasteiger partial charge < -0.3 is 25.3 Å². The average Bonchev–Trinajstić information content (AvgIpc) is 3.94. The van der Waals surface area contributed by atoms with Gasteiger partial charge in [0, 0.05) is 76.6 Å². The smallest absolute Gasteiger partial charge is 0.262 e. The molecule has 1 atom stereocenters. The van der Waals surface area contributed by atoms with Gasteiger partial charge in [0.1, 0.15) is 23.5 Å². The molecular weight excluding hydrogens is 782 g/mol. The maximum atomic E-state index is 13.7. The monoisotopic (exact) mass is 823 g/mol. The van der Waals surface area contributed by atoms with E-state index in [1.165, 1.54) is 6.20 Å². The lowest BCUT2D eigenvalue weighted by Gasteiger charge is -2.39. The number of carbonyl (C=O) groups is 6. The van der Waals surface area contributed by atoms with Crippen molar-refractivity contribution in [3.05, 3.63) is 65.2 Å². The van der Waals surface area contributed by atoms with Gasteiger partial charge in [0.2, 0.25) is 17.7 Å². The van der Waals surface area contributed by atoms with Crippen LogP contribution in [0.25, 0.3) is 5.65 Å². The van der Waals surface area contributed by atoms with Crippen LogP contribution in [-0.2, 0) is 14.4 Å². The normalized spacial score (nSPS) is 22.2. The van der Waals surface area contributed by atoms with Crippen molar-refractivity contribution < 1.29 is 28.8 Å². The Balaban J connectivity index is 0.00000484. The molecule has 1 aromatic carbocycles. The van der Waals surface area contributed by atoms with Gasteiger partial charge in [-0.3, -0.25) is 43.7 Å². The zero-order valence-corrected chi connectivity index (χ0v) is 32.8. The predicted molar refractivity (Wildman–Crippen MR) is 213 cm³/mol. The molecule has 20 heteroatoms. The first-order chi connectivity index (χ1) is 28.2. The molecule has 1 aliphatic carbocycles. The molecule has 0 spiro atoms. The van der Waals surface area contributed by atoms with Gasteiger partial charge in [-0.05, 0) is 56.4 Å². The Morgan fingerprint density at radius 1 is 0.881 bits per heavy atom. The fraction of sp³-hybridized carbons (Fsp3) is 0.436. The van der Waals surface area contributed by atoms with E-state index in [4.69, 9.17) is 4.98 Å². The van der Waals surface area contributed by atoms with E-state index in [1.54, 1.807) is 39.8 Å². The lowest BCUT2D eigenvalue weighted by molar-refractivity contribution is -0.137. The first-order valence-corrected chi connectivity index (χ1v) is 19.7. The molecule has 4 fully saturated rings. The van der Waals surface area contributed by atoms with Gasteiger partial charge in [-0.2, -0.15) is 15.5 Å². The largest absolute Gasteiger partial charge is 0.368 e. The van der Waals surface area contributed by atoms with E-state index < -0.39 is 35.6 Å². The number of nitriles is 1. The second kappa shape index (κ2) is 16.1. The lowest BCUT2D eigenvalue weighted by Crippen LogP contribution is -2.54. The quantitative estimate of drug-likeness (QED) is 0.224. The fourth-order valence-corrected chi connectivity index (χ4v) is 8.72. The number of carbonyl (C=O) groups excluding carboxylic acids is 6. The molecule has 9 rings (SSSR count). The highest BCUT2D eigenvalue weighted by Gasteiger charge is 2.45. The zero-order valence-electron chi connectivity index (χ0n) is 32.0. The number of halogens is 1. The molecule has 4 aromatic rings. The number of hydrogen-bond acceptors (Lipinski definition) is 13. The zero-order chi connectivity index (χ0) is 40.1. The van der Waals surface area contributed by atoms with Crippen LogP contribution >= 0.6 is 12.4 Å². The van der Waals surface area contributed by atoms with Gasteiger partial charge in [-0.25, -0.2) is 9.50 Å². The van der Waals surface area contributed by atoms with Gasteiger partial charge in [0.15, 0.2) is 11.3 Å². The number of nitrogens with zero attached hydrogens (tertiary/aromatic N) is 10. The van der Waals surface area contributed by atoms with Crippen LogP contribution < -0.4 is 25.8 Å². The molecular formula is C39H42ClN13O6. The molecule has 3 aromatic heterocycles. The van der Waals surface area contributed by atoms with Crippen molar-refractivity contribution in [1.29, 1.82) is 5.26 Å². The summed E-state index contributed by atoms with van der Waals surface area (Å²) in [5.41, 5.74) is 2.30. The summed E-state index contributed by atoms with van der Waals surface area (Å²) in [5.74, 6) is -1.90. The summed E-state index contributed by atoms with van der Waals surface area (Å²) in [6.45, 7) is 5.39. The lowest BCUT2D eigenvalue weighted by atomic mass is 9.85. The van der Waals surface area contributed by atoms with Gasteiger partial charge in [-0.15, -0.1) is 12.4 Å². The molecule has 1 unspecified atom stereocenters. The number of piperidine rings is 1. The summed E-state index contributed by atoms with van der Waals surface area (Å²) < 4.78 is 3.28. The number of amides is 6. The standard InChI is InChI=1S/C39H41N13O6.ClH/c40-20-29-30(43-35(54)28-21-42-50-12-9-32(44-34(28)50)48-13-10-41-11-14-48)22-51(46-29)24-3-1-23(2-4-24)37(56)49-17-15-47(16-18-49)25-5-6-26-27(19-25)39(58)52(38(26)57)31-7-8-33(53)45-36(31)55;/h5-6,9,12,19,21-24,31,41H,1-4,7-8,10-11,13-18H2,(H,43,54)(H,45,53,55);1H. The summed E-state index contributed by atoms with van der Waals surface area (Å²) in [5, 5.41) is 27.1. The number of anilines is 3. The molecule has 1 saturated carbocycles. The maximum absolute atomic E-state index is 13.7. The van der Waals surface area contributed by atoms with E-state index in [0.717, 1.165) is 42.6 Å². The first-order valence-electron chi connectivity index (χ1n) is 19.7. The Bertz CT molecular complexity index is 2400. The molecule has 306 valence electrons. The van der Waals surface area contributed by atoms with Crippen LogP contribution in [0.2, 0.25) is 0 Å². The fourth-order valence-electron chi connectivity index (χ4n) is 8.72. The molecule has 3 saturated heterocycles. The van der Waals surface area contributed by atoms with Crippen molar-refractivity contribution >= 4 is 70.7 Å². The molecule has 6 amide bonds. The molecule has 59 heavy (non-hydrogen) atoms. The topological polar surface area (TPSA) is 223 Å². The molecule has 19 nitrogen and oxygen atoms in total. The highest BCUT2D eigenvalue weighted by Crippen LogP contribution is 2.35. The maximum Gasteiger partial charge on any atom is 0.262 e. The summed E-state index contributed by atoms with van der Waals surface area (Å²) in [6, 6.07) is 7.96. The minimum absolute atomic E-state index is 0. The number of hydrogen-bond donors (Lipinski definition) is 3. The Morgan fingerprint density at radius 3 is 2.36 bits per heavy atom. The van der Waals surface area contributed by atoms with Crippen molar-refractivity contribution in [2.45, 2.75) is 50.6 Å². The van der Waals surface area contributed by atoms with E-state index >= 15 is 0 Å². The second-order valence-electron chi connectivity index (χ2n) is 15.3. The predicted octanol–water partition coefficient (Wildman–Crippen LogP) is 1.36. The van der Waals surface area contributed by atoms with Crippen molar-refractivity contribution in [2.24, 2.45) is 5.92 Å². The van der Waals surface area contributed by atoms with E-state index in [1.807, 2.05) is 11.0 Å². The van der Waals surface area contributed by atoms with E-state index in [-0.39, 0.29) is 65.5 Å². The van der Waals surface area contributed by atoms with Crippen molar-refractivity contribution in [2.75, 3.05) is 67.5 Å². The molecule has 3 N–H and O–H groups in total. The molecule has 0 bridgehead atoms. The van der Waals surface area contributed by atoms with Gasteiger partial charge >= 0.3 is 0 Å². The first kappa shape index (κ1) is 39.4. The van der Waals surface area contributed by atoms with E-state index in [9.17, 15) is 34.0 Å². The Morgan fingerprint density at radius 2 is 1.63 bits per heavy atom. The van der Waals surface area contributed by atoms with Crippen LogP contribution in [-0.4, -0.2) is 128 Å². The Labute approximate surface area is 344 Å². The number of piperazine rings is 2. The summed E-state index contributed by atoms with van der Waals surface area (Å²) >= 11 is 0. The molecule has 0 radical (unpaired) electrons. The highest BCUT2D eigenvalue weighted by molar-refractivity contribution is 6.23. The van der Waals surface area contributed by atoms with E-state index in [0.29, 0.717) is 63.2 Å². The van der Waals surface area contributed by atoms with Crippen LogP contribution in [0.4, 0.5) is 17.2 Å².